The van der Waals surface area contributed by atoms with E-state index < -0.39 is 0 Å². The van der Waals surface area contributed by atoms with E-state index in [4.69, 9.17) is 0 Å². The Morgan fingerprint density at radius 1 is 0.434 bits per heavy atom. The van der Waals surface area contributed by atoms with Gasteiger partial charge < -0.3 is 10.6 Å². The zero-order chi connectivity index (χ0) is 38.8. The first kappa shape index (κ1) is 48.3. The van der Waals surface area contributed by atoms with Crippen molar-refractivity contribution >= 4 is 28.7 Å². The number of unbranched alkanes of at least 4 members (excludes halogenated alkanes) is 22. The molecule has 0 radical (unpaired) electrons. The SMILES string of the molecule is CCCCCCCCCC(=O)/C(=C/Nc1ccc(C(C)=O)cc1N/C=C(\CCCCCCCC)C(=O)CCCCCCCCC)CCCCCCCC. The number of Topliss-reactive ketones (excluding diaryl/α,β-unsaturated/α-hetero) is 3. The van der Waals surface area contributed by atoms with Crippen LogP contribution in [0.3, 0.4) is 0 Å². The normalized spacial score (nSPS) is 11.9. The summed E-state index contributed by atoms with van der Waals surface area (Å²) in [6, 6.07) is 5.62. The standard InChI is InChI=1S/C48H82N2O3/c1-6-10-14-18-22-26-30-34-47(52)43(32-28-24-20-16-12-8-3)39-49-45-37-36-42(41(5)51)38-46(45)50-40-44(33-29-25-21-17-13-9-4)48(53)35-31-27-23-19-15-11-7-2/h36-40,49-50H,6-35H2,1-5H3/b43-39+,44-40+. The number of nitrogens with one attached hydrogen (secondary N) is 2. The number of hydrogen-bond acceptors (Lipinski definition) is 5. The molecule has 0 saturated carbocycles. The number of hydrogen-bond donors (Lipinski definition) is 2. The summed E-state index contributed by atoms with van der Waals surface area (Å²) < 4.78 is 0. The molecule has 0 fully saturated rings. The summed E-state index contributed by atoms with van der Waals surface area (Å²) in [4.78, 5) is 39.5. The van der Waals surface area contributed by atoms with Gasteiger partial charge in [-0.3, -0.25) is 14.4 Å². The molecule has 53 heavy (non-hydrogen) atoms. The van der Waals surface area contributed by atoms with Crippen molar-refractivity contribution in [3.8, 4) is 0 Å². The van der Waals surface area contributed by atoms with Crippen molar-refractivity contribution in [2.45, 2.75) is 227 Å². The fourth-order valence-electron chi connectivity index (χ4n) is 6.92. The second kappa shape index (κ2) is 33.8. The van der Waals surface area contributed by atoms with Crippen LogP contribution in [-0.2, 0) is 9.59 Å². The van der Waals surface area contributed by atoms with E-state index in [1.807, 2.05) is 30.6 Å². The maximum absolute atomic E-state index is 13.5. The second-order valence-electron chi connectivity index (χ2n) is 15.6. The van der Waals surface area contributed by atoms with Crippen LogP contribution in [0.25, 0.3) is 0 Å². The Kier molecular flexibility index (Phi) is 30.9. The first-order valence-corrected chi connectivity index (χ1v) is 22.5. The Balaban J connectivity index is 3.15. The monoisotopic (exact) mass is 735 g/mol. The average molecular weight is 735 g/mol. The summed E-state index contributed by atoms with van der Waals surface area (Å²) in [5.41, 5.74) is 3.86. The lowest BCUT2D eigenvalue weighted by atomic mass is 9.98. The fourth-order valence-corrected chi connectivity index (χ4v) is 6.92. The van der Waals surface area contributed by atoms with Gasteiger partial charge in [-0.25, -0.2) is 0 Å². The molecular formula is C48H82N2O3. The van der Waals surface area contributed by atoms with E-state index in [1.165, 1.54) is 116 Å². The number of allylic oxidation sites excluding steroid dienone is 2. The fraction of sp³-hybridized carbons (Fsp3) is 0.729. The molecule has 302 valence electrons. The van der Waals surface area contributed by atoms with Crippen LogP contribution in [0.1, 0.15) is 238 Å². The van der Waals surface area contributed by atoms with Gasteiger partial charge in [0, 0.05) is 42.0 Å². The van der Waals surface area contributed by atoms with Crippen molar-refractivity contribution in [3.05, 3.63) is 47.3 Å². The largest absolute Gasteiger partial charge is 0.360 e. The summed E-state index contributed by atoms with van der Waals surface area (Å²) in [7, 11) is 0. The van der Waals surface area contributed by atoms with Crippen molar-refractivity contribution in [2.24, 2.45) is 0 Å². The van der Waals surface area contributed by atoms with Crippen LogP contribution in [0.15, 0.2) is 41.7 Å². The molecule has 1 aromatic rings. The average Bonchev–Trinajstić information content (AvgIpc) is 3.15. The minimum Gasteiger partial charge on any atom is -0.360 e. The summed E-state index contributed by atoms with van der Waals surface area (Å²) in [5, 5.41) is 6.91. The highest BCUT2D eigenvalue weighted by atomic mass is 16.1. The summed E-state index contributed by atoms with van der Waals surface area (Å²) in [6.45, 7) is 10.5. The molecule has 5 heteroatoms. The Hall–Kier alpha value is -2.69. The highest BCUT2D eigenvalue weighted by Crippen LogP contribution is 2.27. The van der Waals surface area contributed by atoms with Crippen LogP contribution in [0.2, 0.25) is 0 Å². The lowest BCUT2D eigenvalue weighted by Gasteiger charge is -2.14. The van der Waals surface area contributed by atoms with Gasteiger partial charge in [-0.15, -0.1) is 0 Å². The van der Waals surface area contributed by atoms with Gasteiger partial charge in [0.2, 0.25) is 0 Å². The highest BCUT2D eigenvalue weighted by Gasteiger charge is 2.13. The van der Waals surface area contributed by atoms with Crippen LogP contribution < -0.4 is 10.6 Å². The van der Waals surface area contributed by atoms with E-state index in [1.54, 1.807) is 6.92 Å². The van der Waals surface area contributed by atoms with Crippen LogP contribution >= 0.6 is 0 Å². The Bertz CT molecular complexity index is 1170. The number of carbonyl (C=O) groups excluding carboxylic acids is 3. The van der Waals surface area contributed by atoms with Gasteiger partial charge in [0.1, 0.15) is 0 Å². The van der Waals surface area contributed by atoms with E-state index in [2.05, 4.69) is 38.3 Å². The third kappa shape index (κ3) is 25.1. The van der Waals surface area contributed by atoms with Crippen molar-refractivity contribution in [2.75, 3.05) is 10.6 Å². The number of anilines is 2. The molecule has 0 amide bonds. The number of rotatable bonds is 37. The van der Waals surface area contributed by atoms with Gasteiger partial charge in [-0.05, 0) is 63.6 Å². The lowest BCUT2D eigenvalue weighted by Crippen LogP contribution is -2.08. The zero-order valence-corrected chi connectivity index (χ0v) is 35.3. The van der Waals surface area contributed by atoms with Crippen molar-refractivity contribution < 1.29 is 14.4 Å². The topological polar surface area (TPSA) is 75.3 Å². The van der Waals surface area contributed by atoms with Gasteiger partial charge in [0.05, 0.1) is 11.4 Å². The summed E-state index contributed by atoms with van der Waals surface area (Å²) >= 11 is 0. The molecule has 0 spiro atoms. The highest BCUT2D eigenvalue weighted by molar-refractivity contribution is 5.98. The molecule has 0 unspecified atom stereocenters. The molecule has 0 atom stereocenters. The van der Waals surface area contributed by atoms with Crippen molar-refractivity contribution in [3.63, 3.8) is 0 Å². The molecule has 0 aliphatic rings. The lowest BCUT2D eigenvalue weighted by molar-refractivity contribution is -0.116. The molecule has 5 nitrogen and oxygen atoms in total. The molecule has 0 aliphatic heterocycles. The van der Waals surface area contributed by atoms with E-state index in [0.717, 1.165) is 86.7 Å². The first-order valence-electron chi connectivity index (χ1n) is 22.5. The predicted octanol–water partition coefficient (Wildman–Crippen LogP) is 15.4. The molecule has 0 aliphatic carbocycles. The quantitative estimate of drug-likeness (QED) is 0.0404. The molecular weight excluding hydrogens is 653 g/mol. The zero-order valence-electron chi connectivity index (χ0n) is 35.3. The number of carbonyl (C=O) groups is 3. The minimum atomic E-state index is -0.00456. The smallest absolute Gasteiger partial charge is 0.160 e. The van der Waals surface area contributed by atoms with Crippen LogP contribution in [0.5, 0.6) is 0 Å². The Labute approximate surface area is 327 Å². The van der Waals surface area contributed by atoms with E-state index in [0.29, 0.717) is 18.4 Å². The maximum atomic E-state index is 13.5. The number of ketones is 3. The van der Waals surface area contributed by atoms with E-state index in [-0.39, 0.29) is 17.3 Å². The number of benzene rings is 1. The second-order valence-corrected chi connectivity index (χ2v) is 15.6. The Morgan fingerprint density at radius 3 is 1.11 bits per heavy atom. The van der Waals surface area contributed by atoms with Crippen LogP contribution in [-0.4, -0.2) is 17.3 Å². The first-order chi connectivity index (χ1) is 25.9. The van der Waals surface area contributed by atoms with Crippen molar-refractivity contribution in [1.82, 2.24) is 0 Å². The molecule has 1 rings (SSSR count). The molecule has 1 aromatic carbocycles. The third-order valence-electron chi connectivity index (χ3n) is 10.6. The van der Waals surface area contributed by atoms with E-state index >= 15 is 0 Å². The van der Waals surface area contributed by atoms with E-state index in [9.17, 15) is 14.4 Å². The maximum Gasteiger partial charge on any atom is 0.160 e. The van der Waals surface area contributed by atoms with Crippen LogP contribution in [0, 0.1) is 0 Å². The molecule has 2 N–H and O–H groups in total. The molecule has 0 aromatic heterocycles. The Morgan fingerprint density at radius 2 is 0.755 bits per heavy atom. The summed E-state index contributed by atoms with van der Waals surface area (Å²) in [6.07, 6.45) is 37.4. The summed E-state index contributed by atoms with van der Waals surface area (Å²) in [5.74, 6) is 0.468. The van der Waals surface area contributed by atoms with Gasteiger partial charge in [0.25, 0.3) is 0 Å². The minimum absolute atomic E-state index is 0.00456. The van der Waals surface area contributed by atoms with Gasteiger partial charge in [-0.2, -0.15) is 0 Å². The van der Waals surface area contributed by atoms with Crippen LogP contribution in [0.4, 0.5) is 11.4 Å². The molecule has 0 heterocycles. The van der Waals surface area contributed by atoms with Crippen molar-refractivity contribution in [1.29, 1.82) is 0 Å². The molecule has 0 bridgehead atoms. The third-order valence-corrected chi connectivity index (χ3v) is 10.6. The van der Waals surface area contributed by atoms with Gasteiger partial charge in [0.15, 0.2) is 17.3 Å². The van der Waals surface area contributed by atoms with Gasteiger partial charge >= 0.3 is 0 Å². The molecule has 0 saturated heterocycles. The van der Waals surface area contributed by atoms with Gasteiger partial charge in [-0.1, -0.05) is 169 Å². The predicted molar refractivity (Wildman–Crippen MR) is 231 cm³/mol.